The van der Waals surface area contributed by atoms with Crippen molar-refractivity contribution in [3.63, 3.8) is 0 Å². The van der Waals surface area contributed by atoms with E-state index in [9.17, 15) is 4.57 Å². The highest BCUT2D eigenvalue weighted by Crippen LogP contribution is 2.44. The molecule has 8 heteroatoms. The Labute approximate surface area is 117 Å². The Morgan fingerprint density at radius 3 is 2.80 bits per heavy atom. The summed E-state index contributed by atoms with van der Waals surface area (Å²) in [5, 5.41) is 0. The van der Waals surface area contributed by atoms with Gasteiger partial charge in [-0.05, 0) is 0 Å². The van der Waals surface area contributed by atoms with E-state index in [0.29, 0.717) is 54.5 Å². The highest BCUT2D eigenvalue weighted by Gasteiger charge is 2.17. The van der Waals surface area contributed by atoms with E-state index in [1.807, 2.05) is 13.8 Å². The van der Waals surface area contributed by atoms with Gasteiger partial charge in [-0.1, -0.05) is 13.8 Å². The number of nitrogen functional groups attached to an aromatic ring is 1. The fraction of sp³-hybridized carbons (Fsp3) is 0.583. The van der Waals surface area contributed by atoms with Gasteiger partial charge >= 0.3 is 0 Å². The molecule has 0 aromatic carbocycles. The Morgan fingerprint density at radius 1 is 1.35 bits per heavy atom. The third kappa shape index (κ3) is 3.35. The lowest BCUT2D eigenvalue weighted by Crippen LogP contribution is -2.07. The molecule has 3 N–H and O–H groups in total. The summed E-state index contributed by atoms with van der Waals surface area (Å²) >= 11 is 0. The summed E-state index contributed by atoms with van der Waals surface area (Å²) in [7, 11) is -2.15. The van der Waals surface area contributed by atoms with Gasteiger partial charge in [0.15, 0.2) is 11.5 Å². The predicted molar refractivity (Wildman–Crippen MR) is 79.3 cm³/mol. The smallest absolute Gasteiger partial charge is 0.183 e. The number of aromatic nitrogens is 4. The lowest BCUT2D eigenvalue weighted by molar-refractivity contribution is 0.177. The molecule has 7 nitrogen and oxygen atoms in total. The molecule has 0 amide bonds. The Hall–Kier alpha value is -1.46. The minimum absolute atomic E-state index is 0.320. The molecule has 0 aliphatic rings. The number of nitrogens with zero attached hydrogens (tertiary/aromatic N) is 3. The Bertz CT molecular complexity index is 619. The van der Waals surface area contributed by atoms with E-state index in [0.717, 1.165) is 0 Å². The SMILES string of the molecule is CCP(=O)(CC)COCCc1nc(N)c2[nH]cnc2n1. The van der Waals surface area contributed by atoms with Crippen LogP contribution in [-0.4, -0.2) is 45.2 Å². The molecule has 0 spiro atoms. The van der Waals surface area contributed by atoms with E-state index in [1.54, 1.807) is 0 Å². The van der Waals surface area contributed by atoms with Gasteiger partial charge in [-0.15, -0.1) is 0 Å². The third-order valence-electron chi connectivity index (χ3n) is 3.31. The van der Waals surface area contributed by atoms with E-state index in [-0.39, 0.29) is 0 Å². The first-order chi connectivity index (χ1) is 9.58. The summed E-state index contributed by atoms with van der Waals surface area (Å²) in [6.45, 7) is 4.30. The maximum absolute atomic E-state index is 12.2. The second kappa shape index (κ2) is 6.33. The van der Waals surface area contributed by atoms with E-state index >= 15 is 0 Å². The molecule has 0 aliphatic carbocycles. The van der Waals surface area contributed by atoms with E-state index in [1.165, 1.54) is 6.33 Å². The zero-order valence-corrected chi connectivity index (χ0v) is 12.7. The van der Waals surface area contributed by atoms with E-state index < -0.39 is 7.14 Å². The highest BCUT2D eigenvalue weighted by molar-refractivity contribution is 7.63. The highest BCUT2D eigenvalue weighted by atomic mass is 31.2. The summed E-state index contributed by atoms with van der Waals surface area (Å²) in [5.74, 6) is 0.972. The van der Waals surface area contributed by atoms with Gasteiger partial charge in [-0.2, -0.15) is 0 Å². The molecule has 0 radical (unpaired) electrons. The third-order valence-corrected chi connectivity index (χ3v) is 6.27. The van der Waals surface area contributed by atoms with E-state index in [2.05, 4.69) is 19.9 Å². The van der Waals surface area contributed by atoms with Crippen molar-refractivity contribution in [3.8, 4) is 0 Å². The Kier molecular flexibility index (Phi) is 4.73. The fourth-order valence-electron chi connectivity index (χ4n) is 1.81. The second-order valence-electron chi connectivity index (χ2n) is 4.60. The normalized spacial score (nSPS) is 12.1. The van der Waals surface area contributed by atoms with Crippen LogP contribution in [0.3, 0.4) is 0 Å². The van der Waals surface area contributed by atoms with Crippen LogP contribution in [0.2, 0.25) is 0 Å². The average molecular weight is 297 g/mol. The molecule has 2 aromatic rings. The van der Waals surface area contributed by atoms with Crippen molar-refractivity contribution < 1.29 is 9.30 Å². The molecule has 2 heterocycles. The first kappa shape index (κ1) is 14.9. The molecule has 0 saturated heterocycles. The van der Waals surface area contributed by atoms with Gasteiger partial charge in [0.1, 0.15) is 18.5 Å². The molecular weight excluding hydrogens is 277 g/mol. The van der Waals surface area contributed by atoms with Crippen LogP contribution in [0.15, 0.2) is 6.33 Å². The molecule has 0 saturated carbocycles. The number of rotatable bonds is 7. The van der Waals surface area contributed by atoms with Crippen molar-refractivity contribution >= 4 is 24.1 Å². The molecule has 2 rings (SSSR count). The number of aromatic amines is 1. The van der Waals surface area contributed by atoms with Crippen LogP contribution < -0.4 is 5.73 Å². The van der Waals surface area contributed by atoms with Crippen LogP contribution in [0.25, 0.3) is 11.2 Å². The minimum atomic E-state index is -2.15. The predicted octanol–water partition coefficient (Wildman–Crippen LogP) is 1.85. The van der Waals surface area contributed by atoms with E-state index in [4.69, 9.17) is 10.5 Å². The standard InChI is InChI=1S/C12H20N5O2P/c1-3-20(18,4-2)8-19-6-5-9-16-11(13)10-12(17-9)15-7-14-10/h7H,3-6,8H2,1-2H3,(H3,13,14,15,16,17). The van der Waals surface area contributed by atoms with Crippen LogP contribution in [0.5, 0.6) is 0 Å². The quantitative estimate of drug-likeness (QED) is 0.596. The van der Waals surface area contributed by atoms with Gasteiger partial charge in [0.2, 0.25) is 0 Å². The first-order valence-electron chi connectivity index (χ1n) is 6.68. The number of ether oxygens (including phenoxy) is 1. The van der Waals surface area contributed by atoms with Crippen LogP contribution in [0.4, 0.5) is 5.82 Å². The number of fused-ring (bicyclic) bond motifs is 1. The van der Waals surface area contributed by atoms with Gasteiger partial charge in [-0.25, -0.2) is 15.0 Å². The lowest BCUT2D eigenvalue weighted by Gasteiger charge is -2.13. The molecule has 0 fully saturated rings. The monoisotopic (exact) mass is 297 g/mol. The summed E-state index contributed by atoms with van der Waals surface area (Å²) < 4.78 is 17.7. The largest absolute Gasteiger partial charge is 0.382 e. The van der Waals surface area contributed by atoms with Gasteiger partial charge in [0.05, 0.1) is 19.3 Å². The van der Waals surface area contributed by atoms with Crippen molar-refractivity contribution in [1.82, 2.24) is 19.9 Å². The summed E-state index contributed by atoms with van der Waals surface area (Å²) in [6.07, 6.45) is 3.73. The molecule has 0 atom stereocenters. The van der Waals surface area contributed by atoms with Crippen LogP contribution in [0, 0.1) is 0 Å². The van der Waals surface area contributed by atoms with Crippen LogP contribution >= 0.6 is 7.14 Å². The molecule has 0 unspecified atom stereocenters. The maximum Gasteiger partial charge on any atom is 0.183 e. The number of H-pyrrole nitrogens is 1. The van der Waals surface area contributed by atoms with Gasteiger partial charge in [0.25, 0.3) is 0 Å². The zero-order valence-electron chi connectivity index (χ0n) is 11.8. The maximum atomic E-state index is 12.2. The Morgan fingerprint density at radius 2 is 2.10 bits per heavy atom. The number of hydrogen-bond donors (Lipinski definition) is 2. The fourth-order valence-corrected chi connectivity index (χ4v) is 3.09. The number of nitrogens with two attached hydrogens (primary N) is 1. The molecule has 0 aliphatic heterocycles. The molecule has 2 aromatic heterocycles. The molecule has 110 valence electrons. The average Bonchev–Trinajstić information content (AvgIpc) is 2.92. The minimum Gasteiger partial charge on any atom is -0.382 e. The van der Waals surface area contributed by atoms with Crippen molar-refractivity contribution in [2.45, 2.75) is 20.3 Å². The number of nitrogens with one attached hydrogen (secondary N) is 1. The lowest BCUT2D eigenvalue weighted by atomic mass is 10.4. The number of imidazole rings is 1. The Balaban J connectivity index is 1.91. The molecular formula is C12H20N5O2P. The topological polar surface area (TPSA) is 107 Å². The van der Waals surface area contributed by atoms with Gasteiger partial charge < -0.3 is 20.0 Å². The summed E-state index contributed by atoms with van der Waals surface area (Å²) in [6, 6.07) is 0. The second-order valence-corrected chi connectivity index (χ2v) is 8.24. The number of hydrogen-bond acceptors (Lipinski definition) is 6. The first-order valence-corrected chi connectivity index (χ1v) is 8.94. The number of anilines is 1. The van der Waals surface area contributed by atoms with Crippen LogP contribution in [-0.2, 0) is 15.7 Å². The van der Waals surface area contributed by atoms with Crippen LogP contribution in [0.1, 0.15) is 19.7 Å². The molecule has 20 heavy (non-hydrogen) atoms. The summed E-state index contributed by atoms with van der Waals surface area (Å²) in [4.78, 5) is 15.4. The van der Waals surface area contributed by atoms with Crippen molar-refractivity contribution in [1.29, 1.82) is 0 Å². The van der Waals surface area contributed by atoms with Crippen molar-refractivity contribution in [2.75, 3.05) is 31.0 Å². The van der Waals surface area contributed by atoms with Gasteiger partial charge in [0, 0.05) is 18.7 Å². The van der Waals surface area contributed by atoms with Crippen molar-refractivity contribution in [2.24, 2.45) is 0 Å². The van der Waals surface area contributed by atoms with Crippen molar-refractivity contribution in [3.05, 3.63) is 12.2 Å². The molecule has 0 bridgehead atoms. The summed E-state index contributed by atoms with van der Waals surface area (Å²) in [5.41, 5.74) is 7.02. The van der Waals surface area contributed by atoms with Gasteiger partial charge in [-0.3, -0.25) is 0 Å². The zero-order chi connectivity index (χ0) is 14.6.